The van der Waals surface area contributed by atoms with E-state index in [2.05, 4.69) is 34.3 Å². The Morgan fingerprint density at radius 3 is 1.58 bits per heavy atom. The first-order chi connectivity index (χ1) is 11.8. The van der Waals surface area contributed by atoms with Gasteiger partial charge in [0.05, 0.1) is 0 Å². The molecule has 0 spiro atoms. The first kappa shape index (κ1) is 14.8. The van der Waals surface area contributed by atoms with Crippen LogP contribution in [-0.2, 0) is 9.47 Å². The van der Waals surface area contributed by atoms with Gasteiger partial charge in [-0.15, -0.1) is 0 Å². The summed E-state index contributed by atoms with van der Waals surface area (Å²) >= 11 is 0. The van der Waals surface area contributed by atoms with Gasteiger partial charge < -0.3 is 9.47 Å². The lowest BCUT2D eigenvalue weighted by molar-refractivity contribution is 0.256. The van der Waals surface area contributed by atoms with Gasteiger partial charge in [0.25, 0.3) is 12.0 Å². The van der Waals surface area contributed by atoms with Crippen molar-refractivity contribution in [1.29, 1.82) is 0 Å². The quantitative estimate of drug-likeness (QED) is 0.853. The Kier molecular flexibility index (Phi) is 3.91. The van der Waals surface area contributed by atoms with Crippen molar-refractivity contribution < 1.29 is 9.47 Å². The molecule has 122 valence electrons. The Morgan fingerprint density at radius 2 is 1.17 bits per heavy atom. The van der Waals surface area contributed by atoms with Gasteiger partial charge in [0.2, 0.25) is 0 Å². The molecule has 2 aliphatic rings. The van der Waals surface area contributed by atoms with E-state index in [4.69, 9.17) is 9.47 Å². The van der Waals surface area contributed by atoms with Crippen molar-refractivity contribution in [2.45, 2.75) is 12.1 Å². The zero-order valence-corrected chi connectivity index (χ0v) is 13.5. The highest BCUT2D eigenvalue weighted by Gasteiger charge is 2.30. The highest BCUT2D eigenvalue weighted by Crippen LogP contribution is 2.26. The lowest BCUT2D eigenvalue weighted by Crippen LogP contribution is -2.33. The van der Waals surface area contributed by atoms with Crippen LogP contribution in [-0.4, -0.2) is 37.2 Å². The first-order valence-corrected chi connectivity index (χ1v) is 8.06. The fourth-order valence-corrected chi connectivity index (χ4v) is 2.86. The molecule has 2 aromatic rings. The van der Waals surface area contributed by atoms with E-state index in [0.29, 0.717) is 25.3 Å². The number of amidine groups is 2. The van der Waals surface area contributed by atoms with Crippen LogP contribution in [0, 0.1) is 0 Å². The molecule has 2 atom stereocenters. The third kappa shape index (κ3) is 2.85. The molecule has 4 rings (SSSR count). The first-order valence-electron chi connectivity index (χ1n) is 8.06. The summed E-state index contributed by atoms with van der Waals surface area (Å²) in [6, 6.07) is 21.5. The third-order valence-electron chi connectivity index (χ3n) is 4.22. The summed E-state index contributed by atoms with van der Waals surface area (Å²) < 4.78 is 11.5. The number of ether oxygens (including phenoxy) is 2. The molecule has 0 saturated carbocycles. The Morgan fingerprint density at radius 1 is 0.750 bits per heavy atom. The molecule has 0 N–H and O–H groups in total. The van der Waals surface area contributed by atoms with Crippen LogP contribution in [0.3, 0.4) is 0 Å². The van der Waals surface area contributed by atoms with Crippen LogP contribution >= 0.6 is 0 Å². The van der Waals surface area contributed by atoms with Crippen molar-refractivity contribution in [2.75, 3.05) is 20.3 Å². The van der Waals surface area contributed by atoms with Gasteiger partial charge in [-0.25, -0.2) is 9.98 Å². The van der Waals surface area contributed by atoms with Crippen LogP contribution in [0.1, 0.15) is 23.2 Å². The molecule has 0 amide bonds. The van der Waals surface area contributed by atoms with Gasteiger partial charge in [-0.3, -0.25) is 4.90 Å². The predicted octanol–water partition coefficient (Wildman–Crippen LogP) is 3.17. The van der Waals surface area contributed by atoms with E-state index >= 15 is 0 Å². The number of hydrogen-bond acceptors (Lipinski definition) is 5. The van der Waals surface area contributed by atoms with Crippen molar-refractivity contribution in [3.05, 3.63) is 71.8 Å². The standard InChI is InChI=1S/C19H19N3O2/c1-22(18-20-16(12-23-18)14-8-4-2-5-9-14)19-21-17(13-24-19)15-10-6-3-7-11-15/h2-11,16-17H,12-13H2,1H3. The molecule has 2 aromatic carbocycles. The zero-order chi connectivity index (χ0) is 16.4. The highest BCUT2D eigenvalue weighted by atomic mass is 16.5. The maximum absolute atomic E-state index is 5.75. The molecule has 0 saturated heterocycles. The molecular formula is C19H19N3O2. The van der Waals surface area contributed by atoms with Gasteiger partial charge in [-0.1, -0.05) is 60.7 Å². The maximum atomic E-state index is 5.75. The molecule has 0 aliphatic carbocycles. The second-order valence-electron chi connectivity index (χ2n) is 5.86. The number of nitrogens with zero attached hydrogens (tertiary/aromatic N) is 3. The summed E-state index contributed by atoms with van der Waals surface area (Å²) in [6.45, 7) is 1.08. The van der Waals surface area contributed by atoms with Crippen molar-refractivity contribution in [1.82, 2.24) is 4.90 Å². The average Bonchev–Trinajstić information content (AvgIpc) is 3.33. The summed E-state index contributed by atoms with van der Waals surface area (Å²) in [5.41, 5.74) is 2.30. The molecule has 2 heterocycles. The van der Waals surface area contributed by atoms with Crippen LogP contribution < -0.4 is 0 Å². The molecule has 2 unspecified atom stereocenters. The molecule has 24 heavy (non-hydrogen) atoms. The predicted molar refractivity (Wildman–Crippen MR) is 92.9 cm³/mol. The summed E-state index contributed by atoms with van der Waals surface area (Å²) in [5, 5.41) is 0. The fraction of sp³-hybridized carbons (Fsp3) is 0.263. The third-order valence-corrected chi connectivity index (χ3v) is 4.22. The number of aliphatic imine (C=N–C) groups is 2. The summed E-state index contributed by atoms with van der Waals surface area (Å²) in [6.07, 6.45) is 0. The van der Waals surface area contributed by atoms with Crippen molar-refractivity contribution in [2.24, 2.45) is 9.98 Å². The summed E-state index contributed by atoms with van der Waals surface area (Å²) in [7, 11) is 1.87. The summed E-state index contributed by atoms with van der Waals surface area (Å²) in [4.78, 5) is 11.1. The molecular weight excluding hydrogens is 302 g/mol. The van der Waals surface area contributed by atoms with Crippen LogP contribution in [0.4, 0.5) is 0 Å². The van der Waals surface area contributed by atoms with Gasteiger partial charge >= 0.3 is 0 Å². The minimum Gasteiger partial charge on any atom is -0.462 e. The smallest absolute Gasteiger partial charge is 0.296 e. The minimum atomic E-state index is 0.0237. The monoisotopic (exact) mass is 321 g/mol. The Bertz CT molecular complexity index is 693. The van der Waals surface area contributed by atoms with Gasteiger partial charge in [0, 0.05) is 7.05 Å². The van der Waals surface area contributed by atoms with E-state index in [9.17, 15) is 0 Å². The largest absolute Gasteiger partial charge is 0.462 e. The molecule has 2 aliphatic heterocycles. The normalized spacial score (nSPS) is 22.4. The van der Waals surface area contributed by atoms with Crippen LogP contribution in [0.5, 0.6) is 0 Å². The second-order valence-corrected chi connectivity index (χ2v) is 5.86. The topological polar surface area (TPSA) is 46.4 Å². The van der Waals surface area contributed by atoms with Crippen LogP contribution in [0.25, 0.3) is 0 Å². The lowest BCUT2D eigenvalue weighted by Gasteiger charge is -2.15. The van der Waals surface area contributed by atoms with Crippen molar-refractivity contribution in [3.63, 3.8) is 0 Å². The van der Waals surface area contributed by atoms with Crippen molar-refractivity contribution >= 4 is 12.0 Å². The fourth-order valence-electron chi connectivity index (χ4n) is 2.86. The number of rotatable bonds is 2. The SMILES string of the molecule is CN(C1=NC(c2ccccc2)CO1)C1=NC(c2ccccc2)CO1. The molecule has 0 aromatic heterocycles. The molecule has 0 fully saturated rings. The molecule has 0 bridgehead atoms. The van der Waals surface area contributed by atoms with Crippen molar-refractivity contribution in [3.8, 4) is 0 Å². The van der Waals surface area contributed by atoms with E-state index in [0.717, 1.165) is 11.1 Å². The van der Waals surface area contributed by atoms with E-state index in [1.807, 2.05) is 43.4 Å². The van der Waals surface area contributed by atoms with E-state index in [1.165, 1.54) is 0 Å². The zero-order valence-electron chi connectivity index (χ0n) is 13.5. The Balaban J connectivity index is 1.49. The van der Waals surface area contributed by atoms with Crippen LogP contribution in [0.15, 0.2) is 70.6 Å². The van der Waals surface area contributed by atoms with E-state index in [-0.39, 0.29) is 12.1 Å². The average molecular weight is 321 g/mol. The molecule has 5 nitrogen and oxygen atoms in total. The number of hydrogen-bond donors (Lipinski definition) is 0. The molecule has 0 radical (unpaired) electrons. The van der Waals surface area contributed by atoms with E-state index in [1.54, 1.807) is 4.90 Å². The highest BCUT2D eigenvalue weighted by molar-refractivity contribution is 5.94. The maximum Gasteiger partial charge on any atom is 0.296 e. The Labute approximate surface area is 141 Å². The second kappa shape index (κ2) is 6.35. The van der Waals surface area contributed by atoms with Crippen LogP contribution in [0.2, 0.25) is 0 Å². The Hall–Kier alpha value is -2.82. The van der Waals surface area contributed by atoms with Gasteiger partial charge in [0.1, 0.15) is 25.3 Å². The van der Waals surface area contributed by atoms with Gasteiger partial charge in [0.15, 0.2) is 0 Å². The minimum absolute atomic E-state index is 0.0237. The summed E-state index contributed by atoms with van der Waals surface area (Å²) in [5.74, 6) is 0. The number of benzene rings is 2. The molecule has 5 heteroatoms. The van der Waals surface area contributed by atoms with Gasteiger partial charge in [-0.05, 0) is 11.1 Å². The van der Waals surface area contributed by atoms with E-state index < -0.39 is 0 Å². The lowest BCUT2D eigenvalue weighted by atomic mass is 10.1. The van der Waals surface area contributed by atoms with Gasteiger partial charge in [-0.2, -0.15) is 0 Å².